The lowest BCUT2D eigenvalue weighted by atomic mass is 10.0. The number of ether oxygens (including phenoxy) is 1. The lowest BCUT2D eigenvalue weighted by Crippen LogP contribution is -2.49. The maximum Gasteiger partial charge on any atom is 0.227 e. The minimum atomic E-state index is -0.331. The fraction of sp³-hybridized carbons (Fsp3) is 0.316. The van der Waals surface area contributed by atoms with Crippen molar-refractivity contribution in [2.45, 2.75) is 12.5 Å². The molecule has 1 saturated heterocycles. The van der Waals surface area contributed by atoms with Crippen molar-refractivity contribution in [1.29, 1.82) is 0 Å². The van der Waals surface area contributed by atoms with Crippen LogP contribution in [0.2, 0.25) is 0 Å². The van der Waals surface area contributed by atoms with Gasteiger partial charge in [-0.05, 0) is 29.3 Å². The second kappa shape index (κ2) is 7.45. The van der Waals surface area contributed by atoms with Crippen molar-refractivity contribution in [1.82, 2.24) is 10.2 Å². The summed E-state index contributed by atoms with van der Waals surface area (Å²) in [6, 6.07) is 14.1. The Labute approximate surface area is 141 Å². The monoisotopic (exact) mass is 328 g/mol. The van der Waals surface area contributed by atoms with Gasteiger partial charge in [0.25, 0.3) is 0 Å². The van der Waals surface area contributed by atoms with Gasteiger partial charge in [-0.3, -0.25) is 4.79 Å². The van der Waals surface area contributed by atoms with Crippen LogP contribution in [0.4, 0.5) is 4.39 Å². The number of methoxy groups -OCH3 is 1. The summed E-state index contributed by atoms with van der Waals surface area (Å²) >= 11 is 0. The number of hydrogen-bond acceptors (Lipinski definition) is 3. The van der Waals surface area contributed by atoms with E-state index in [-0.39, 0.29) is 24.2 Å². The Kier molecular flexibility index (Phi) is 5.11. The van der Waals surface area contributed by atoms with Gasteiger partial charge >= 0.3 is 0 Å². The van der Waals surface area contributed by atoms with Crippen molar-refractivity contribution in [2.24, 2.45) is 0 Å². The average molecular weight is 328 g/mol. The Morgan fingerprint density at radius 2 is 2.00 bits per heavy atom. The van der Waals surface area contributed by atoms with Gasteiger partial charge in [0, 0.05) is 19.6 Å². The molecule has 0 radical (unpaired) electrons. The molecule has 0 saturated carbocycles. The molecule has 2 aromatic rings. The summed E-state index contributed by atoms with van der Waals surface area (Å²) in [4.78, 5) is 14.6. The first-order valence-corrected chi connectivity index (χ1v) is 8.06. The Bertz CT molecular complexity index is 703. The molecule has 1 fully saturated rings. The zero-order valence-electron chi connectivity index (χ0n) is 13.7. The molecule has 1 heterocycles. The molecule has 3 rings (SSSR count). The topological polar surface area (TPSA) is 41.6 Å². The van der Waals surface area contributed by atoms with Crippen molar-refractivity contribution < 1.29 is 13.9 Å². The number of benzene rings is 2. The van der Waals surface area contributed by atoms with E-state index in [1.807, 2.05) is 29.2 Å². The maximum atomic E-state index is 13.8. The van der Waals surface area contributed by atoms with E-state index in [1.165, 1.54) is 6.07 Å². The van der Waals surface area contributed by atoms with E-state index in [4.69, 9.17) is 4.74 Å². The molecule has 5 heteroatoms. The van der Waals surface area contributed by atoms with E-state index in [0.717, 1.165) is 17.9 Å². The molecule has 24 heavy (non-hydrogen) atoms. The number of halogens is 1. The van der Waals surface area contributed by atoms with Crippen LogP contribution in [-0.4, -0.2) is 37.6 Å². The molecule has 1 aliphatic rings. The third-order valence-corrected chi connectivity index (χ3v) is 4.36. The lowest BCUT2D eigenvalue weighted by molar-refractivity contribution is -0.133. The highest BCUT2D eigenvalue weighted by atomic mass is 19.1. The molecular weight excluding hydrogens is 307 g/mol. The van der Waals surface area contributed by atoms with Gasteiger partial charge in [-0.2, -0.15) is 0 Å². The Balaban J connectivity index is 1.78. The van der Waals surface area contributed by atoms with Crippen LogP contribution in [0.15, 0.2) is 48.5 Å². The Hall–Kier alpha value is -2.40. The summed E-state index contributed by atoms with van der Waals surface area (Å²) in [6.07, 6.45) is 0.0827. The summed E-state index contributed by atoms with van der Waals surface area (Å²) < 4.78 is 19.0. The van der Waals surface area contributed by atoms with Crippen LogP contribution in [0.3, 0.4) is 0 Å². The van der Waals surface area contributed by atoms with E-state index >= 15 is 0 Å². The molecule has 0 bridgehead atoms. The standard InChI is InChI=1S/C19H21FN2O2/c1-24-16-8-6-14(7-9-16)18-13-21-10-11-22(18)19(23)12-15-4-2-3-5-17(15)20/h2-9,18,21H,10-13H2,1H3/t18-/m1/s1. The molecule has 126 valence electrons. The fourth-order valence-electron chi connectivity index (χ4n) is 3.03. The van der Waals surface area contributed by atoms with E-state index in [2.05, 4.69) is 5.32 Å². The van der Waals surface area contributed by atoms with Gasteiger partial charge in [0.1, 0.15) is 11.6 Å². The SMILES string of the molecule is COc1ccc([C@H]2CNCCN2C(=O)Cc2ccccc2F)cc1. The van der Waals surface area contributed by atoms with Gasteiger partial charge in [0.2, 0.25) is 5.91 Å². The molecule has 0 spiro atoms. The summed E-state index contributed by atoms with van der Waals surface area (Å²) in [5.41, 5.74) is 1.49. The Morgan fingerprint density at radius 3 is 2.71 bits per heavy atom. The molecule has 1 N–H and O–H groups in total. The van der Waals surface area contributed by atoms with Crippen LogP contribution in [-0.2, 0) is 11.2 Å². The third-order valence-electron chi connectivity index (χ3n) is 4.36. The summed E-state index contributed by atoms with van der Waals surface area (Å²) in [7, 11) is 1.63. The molecule has 1 amide bonds. The van der Waals surface area contributed by atoms with Gasteiger partial charge < -0.3 is 15.0 Å². The second-order valence-electron chi connectivity index (χ2n) is 5.85. The van der Waals surface area contributed by atoms with Gasteiger partial charge in [0.15, 0.2) is 0 Å². The molecular formula is C19H21FN2O2. The van der Waals surface area contributed by atoms with E-state index in [9.17, 15) is 9.18 Å². The predicted molar refractivity (Wildman–Crippen MR) is 90.4 cm³/mol. The first-order valence-electron chi connectivity index (χ1n) is 8.06. The number of carbonyl (C=O) groups excluding carboxylic acids is 1. The highest BCUT2D eigenvalue weighted by Crippen LogP contribution is 2.25. The number of piperazine rings is 1. The summed E-state index contributed by atoms with van der Waals surface area (Å²) in [5.74, 6) is 0.399. The van der Waals surface area contributed by atoms with E-state index in [1.54, 1.807) is 25.3 Å². The first kappa shape index (κ1) is 16.5. The van der Waals surface area contributed by atoms with Gasteiger partial charge in [0.05, 0.1) is 19.6 Å². The second-order valence-corrected chi connectivity index (χ2v) is 5.85. The first-order chi connectivity index (χ1) is 11.7. The van der Waals surface area contributed by atoms with E-state index in [0.29, 0.717) is 18.7 Å². The highest BCUT2D eigenvalue weighted by Gasteiger charge is 2.28. The highest BCUT2D eigenvalue weighted by molar-refractivity contribution is 5.79. The minimum absolute atomic E-state index is 0.0519. The number of nitrogens with one attached hydrogen (secondary N) is 1. The Morgan fingerprint density at radius 1 is 1.25 bits per heavy atom. The van der Waals surface area contributed by atoms with Crippen LogP contribution in [0.1, 0.15) is 17.2 Å². The van der Waals surface area contributed by atoms with Crippen molar-refractivity contribution in [2.75, 3.05) is 26.7 Å². The van der Waals surface area contributed by atoms with Crippen LogP contribution < -0.4 is 10.1 Å². The molecule has 2 aromatic carbocycles. The van der Waals surface area contributed by atoms with Crippen LogP contribution in [0.5, 0.6) is 5.75 Å². The van der Waals surface area contributed by atoms with Crippen LogP contribution in [0, 0.1) is 5.82 Å². The number of rotatable bonds is 4. The molecule has 1 aliphatic heterocycles. The maximum absolute atomic E-state index is 13.8. The van der Waals surface area contributed by atoms with Gasteiger partial charge in [-0.1, -0.05) is 30.3 Å². The smallest absolute Gasteiger partial charge is 0.227 e. The molecule has 0 aromatic heterocycles. The number of nitrogens with zero attached hydrogens (tertiary/aromatic N) is 1. The summed E-state index contributed by atoms with van der Waals surface area (Å²) in [5, 5.41) is 3.32. The average Bonchev–Trinajstić information content (AvgIpc) is 2.63. The van der Waals surface area contributed by atoms with Crippen LogP contribution >= 0.6 is 0 Å². The molecule has 0 unspecified atom stereocenters. The largest absolute Gasteiger partial charge is 0.497 e. The van der Waals surface area contributed by atoms with Crippen molar-refractivity contribution in [3.63, 3.8) is 0 Å². The number of carbonyl (C=O) groups is 1. The van der Waals surface area contributed by atoms with Crippen molar-refractivity contribution in [3.8, 4) is 5.75 Å². The molecule has 4 nitrogen and oxygen atoms in total. The number of hydrogen-bond donors (Lipinski definition) is 1. The summed E-state index contributed by atoms with van der Waals surface area (Å²) in [6.45, 7) is 2.05. The fourth-order valence-corrected chi connectivity index (χ4v) is 3.03. The van der Waals surface area contributed by atoms with Crippen molar-refractivity contribution in [3.05, 3.63) is 65.5 Å². The van der Waals surface area contributed by atoms with Crippen molar-refractivity contribution >= 4 is 5.91 Å². The van der Waals surface area contributed by atoms with Gasteiger partial charge in [-0.15, -0.1) is 0 Å². The zero-order chi connectivity index (χ0) is 16.9. The van der Waals surface area contributed by atoms with Crippen LogP contribution in [0.25, 0.3) is 0 Å². The number of amides is 1. The molecule has 0 aliphatic carbocycles. The zero-order valence-corrected chi connectivity index (χ0v) is 13.7. The third kappa shape index (κ3) is 3.57. The van der Waals surface area contributed by atoms with E-state index < -0.39 is 0 Å². The van der Waals surface area contributed by atoms with Gasteiger partial charge in [-0.25, -0.2) is 4.39 Å². The predicted octanol–water partition coefficient (Wildman–Crippen LogP) is 2.55. The quantitative estimate of drug-likeness (QED) is 0.938. The minimum Gasteiger partial charge on any atom is -0.497 e. The normalized spacial score (nSPS) is 17.6. The molecule has 1 atom stereocenters. The lowest BCUT2D eigenvalue weighted by Gasteiger charge is -2.36.